The van der Waals surface area contributed by atoms with Gasteiger partial charge in [0, 0.05) is 66.5 Å². The molecule has 1 atom stereocenters. The number of hydrogen-bond donors (Lipinski definition) is 1. The van der Waals surface area contributed by atoms with E-state index in [0.717, 1.165) is 36.5 Å². The van der Waals surface area contributed by atoms with E-state index in [-0.39, 0.29) is 17.4 Å². The summed E-state index contributed by atoms with van der Waals surface area (Å²) in [5.41, 5.74) is 12.5. The molecule has 4 aliphatic rings. The van der Waals surface area contributed by atoms with Crippen LogP contribution in [0.3, 0.4) is 0 Å². The number of carbonyl (C=O) groups is 1. The zero-order valence-corrected chi connectivity index (χ0v) is 19.2. The summed E-state index contributed by atoms with van der Waals surface area (Å²) < 4.78 is 0. The first-order valence-electron chi connectivity index (χ1n) is 12.3. The van der Waals surface area contributed by atoms with Gasteiger partial charge in [-0.15, -0.1) is 0 Å². The minimum atomic E-state index is 0.0605. The number of aromatic nitrogens is 3. The Morgan fingerprint density at radius 1 is 1.03 bits per heavy atom. The number of pyridine rings is 1. The van der Waals surface area contributed by atoms with Crippen LogP contribution in [-0.2, 0) is 5.41 Å². The summed E-state index contributed by atoms with van der Waals surface area (Å²) in [5, 5.41) is 0. The average molecular weight is 453 g/mol. The lowest BCUT2D eigenvalue weighted by atomic mass is 9.97. The molecule has 1 aromatic carbocycles. The lowest BCUT2D eigenvalue weighted by Crippen LogP contribution is -2.31. The summed E-state index contributed by atoms with van der Waals surface area (Å²) >= 11 is 0. The molecule has 1 amide bonds. The summed E-state index contributed by atoms with van der Waals surface area (Å²) in [5.74, 6) is 1.43. The molecule has 172 valence electrons. The molecule has 7 rings (SSSR count). The highest BCUT2D eigenvalue weighted by Crippen LogP contribution is 2.57. The fourth-order valence-corrected chi connectivity index (χ4v) is 5.59. The van der Waals surface area contributed by atoms with E-state index in [1.54, 1.807) is 0 Å². The molecule has 3 fully saturated rings. The molecule has 34 heavy (non-hydrogen) atoms. The van der Waals surface area contributed by atoms with Gasteiger partial charge in [-0.2, -0.15) is 0 Å². The molecule has 2 N–H and O–H groups in total. The topological polar surface area (TPSA) is 88.2 Å². The molecule has 0 unspecified atom stereocenters. The van der Waals surface area contributed by atoms with Crippen LogP contribution in [0, 0.1) is 0 Å². The van der Waals surface area contributed by atoms with Crippen LogP contribution in [0.25, 0.3) is 11.3 Å². The van der Waals surface area contributed by atoms with Gasteiger partial charge in [0.25, 0.3) is 5.91 Å². The van der Waals surface area contributed by atoms with E-state index in [2.05, 4.69) is 28.1 Å². The summed E-state index contributed by atoms with van der Waals surface area (Å²) in [6, 6.07) is 10.5. The third kappa shape index (κ3) is 3.29. The number of rotatable bonds is 4. The fourth-order valence-electron chi connectivity index (χ4n) is 5.59. The summed E-state index contributed by atoms with van der Waals surface area (Å²) in [4.78, 5) is 31.2. The Hall–Kier alpha value is -3.32. The van der Waals surface area contributed by atoms with Gasteiger partial charge in [-0.1, -0.05) is 6.07 Å². The Bertz CT molecular complexity index is 1280. The van der Waals surface area contributed by atoms with Crippen LogP contribution in [0.1, 0.15) is 59.5 Å². The van der Waals surface area contributed by atoms with Gasteiger partial charge in [0.15, 0.2) is 0 Å². The molecule has 2 aromatic heterocycles. The summed E-state index contributed by atoms with van der Waals surface area (Å²) in [7, 11) is 0. The molecule has 1 spiro atoms. The molecular formula is C27H28N6O. The second kappa shape index (κ2) is 7.34. The molecule has 2 aliphatic carbocycles. The number of amides is 1. The van der Waals surface area contributed by atoms with Crippen LogP contribution in [-0.4, -0.2) is 51.4 Å². The largest absolute Gasteiger partial charge is 0.337 e. The maximum absolute atomic E-state index is 13.1. The number of nitrogens with two attached hydrogens (primary N) is 1. The number of carbonyl (C=O) groups excluding carboxylic acids is 1. The van der Waals surface area contributed by atoms with Crippen molar-refractivity contribution in [3.8, 4) is 11.3 Å². The SMILES string of the molecule is N[C@@H]1CCN(C(=O)c2ccc3c(c2)N(c2ncc(-c4cc(C5CC5)ccn4)cn2)CC32CC2)C1. The van der Waals surface area contributed by atoms with Crippen molar-refractivity contribution in [3.05, 3.63) is 65.6 Å². The predicted molar refractivity (Wildman–Crippen MR) is 130 cm³/mol. The van der Waals surface area contributed by atoms with Crippen LogP contribution < -0.4 is 10.6 Å². The molecule has 1 saturated heterocycles. The Morgan fingerprint density at radius 2 is 1.85 bits per heavy atom. The number of benzene rings is 1. The van der Waals surface area contributed by atoms with Gasteiger partial charge in [0.2, 0.25) is 5.95 Å². The van der Waals surface area contributed by atoms with E-state index >= 15 is 0 Å². The smallest absolute Gasteiger partial charge is 0.253 e. The van der Waals surface area contributed by atoms with Crippen molar-refractivity contribution < 1.29 is 4.79 Å². The van der Waals surface area contributed by atoms with Crippen LogP contribution in [0.4, 0.5) is 11.6 Å². The Morgan fingerprint density at radius 3 is 2.56 bits per heavy atom. The van der Waals surface area contributed by atoms with Crippen LogP contribution in [0.5, 0.6) is 0 Å². The van der Waals surface area contributed by atoms with Crippen LogP contribution >= 0.6 is 0 Å². The maximum Gasteiger partial charge on any atom is 0.253 e. The third-order valence-corrected chi connectivity index (χ3v) is 7.94. The molecule has 7 nitrogen and oxygen atoms in total. The van der Waals surface area contributed by atoms with Gasteiger partial charge in [0.1, 0.15) is 0 Å². The second-order valence-corrected chi connectivity index (χ2v) is 10.4. The van der Waals surface area contributed by atoms with Crippen LogP contribution in [0.2, 0.25) is 0 Å². The van der Waals surface area contributed by atoms with Gasteiger partial charge in [-0.3, -0.25) is 9.78 Å². The number of hydrogen-bond acceptors (Lipinski definition) is 6. The standard InChI is InChI=1S/C27H28N6O/c28-21-6-10-32(15-21)25(34)19-3-4-22-24(12-19)33(16-27(22)7-8-27)26-30-13-20(14-31-26)23-11-18(5-9-29-23)17-1-2-17/h3-5,9,11-14,17,21H,1-2,6-8,10,15-16,28H2/t21-/m1/s1. The Kier molecular flexibility index (Phi) is 4.34. The number of nitrogens with zero attached hydrogens (tertiary/aromatic N) is 5. The highest BCUT2D eigenvalue weighted by molar-refractivity contribution is 5.96. The highest BCUT2D eigenvalue weighted by Gasteiger charge is 2.52. The van der Waals surface area contributed by atoms with Crippen molar-refractivity contribution in [2.45, 2.75) is 49.5 Å². The fraction of sp³-hybridized carbons (Fsp3) is 0.407. The maximum atomic E-state index is 13.1. The van der Waals surface area contributed by atoms with E-state index in [1.165, 1.54) is 36.8 Å². The molecule has 7 heteroatoms. The Balaban J connectivity index is 1.19. The lowest BCUT2D eigenvalue weighted by Gasteiger charge is -2.20. The van der Waals surface area contributed by atoms with E-state index in [0.29, 0.717) is 24.0 Å². The van der Waals surface area contributed by atoms with Gasteiger partial charge in [-0.05, 0) is 73.4 Å². The predicted octanol–water partition coefficient (Wildman–Crippen LogP) is 3.77. The van der Waals surface area contributed by atoms with Crippen molar-refractivity contribution in [2.24, 2.45) is 5.73 Å². The number of anilines is 2. The number of likely N-dealkylation sites (tertiary alicyclic amines) is 1. The van der Waals surface area contributed by atoms with Crippen molar-refractivity contribution >= 4 is 17.5 Å². The molecule has 2 aliphatic heterocycles. The van der Waals surface area contributed by atoms with E-state index in [9.17, 15) is 4.79 Å². The summed E-state index contributed by atoms with van der Waals surface area (Å²) in [6.07, 6.45) is 11.4. The minimum absolute atomic E-state index is 0.0605. The van der Waals surface area contributed by atoms with Crippen LogP contribution in [0.15, 0.2) is 48.9 Å². The molecule has 4 heterocycles. The van der Waals surface area contributed by atoms with Crippen molar-refractivity contribution in [1.82, 2.24) is 19.9 Å². The molecule has 0 radical (unpaired) electrons. The van der Waals surface area contributed by atoms with Crippen molar-refractivity contribution in [3.63, 3.8) is 0 Å². The van der Waals surface area contributed by atoms with Gasteiger partial charge in [-0.25, -0.2) is 9.97 Å². The minimum Gasteiger partial charge on any atom is -0.337 e. The Labute approximate surface area is 199 Å². The second-order valence-electron chi connectivity index (χ2n) is 10.4. The molecule has 2 saturated carbocycles. The molecule has 0 bridgehead atoms. The molecule has 3 aromatic rings. The van der Waals surface area contributed by atoms with Crippen molar-refractivity contribution in [1.29, 1.82) is 0 Å². The monoisotopic (exact) mass is 452 g/mol. The molecular weight excluding hydrogens is 424 g/mol. The zero-order chi connectivity index (χ0) is 22.9. The zero-order valence-electron chi connectivity index (χ0n) is 19.2. The first-order valence-corrected chi connectivity index (χ1v) is 12.3. The van der Waals surface area contributed by atoms with E-state index in [1.807, 2.05) is 35.6 Å². The lowest BCUT2D eigenvalue weighted by molar-refractivity contribution is 0.0791. The third-order valence-electron chi connectivity index (χ3n) is 7.94. The summed E-state index contributed by atoms with van der Waals surface area (Å²) in [6.45, 7) is 2.22. The first kappa shape index (κ1) is 20.1. The first-order chi connectivity index (χ1) is 16.6. The van der Waals surface area contributed by atoms with Gasteiger partial charge >= 0.3 is 0 Å². The van der Waals surface area contributed by atoms with Crippen molar-refractivity contribution in [2.75, 3.05) is 24.5 Å². The normalized spacial score (nSPS) is 22.3. The van der Waals surface area contributed by atoms with Gasteiger partial charge < -0.3 is 15.5 Å². The average Bonchev–Trinajstić information content (AvgIpc) is 3.79. The van der Waals surface area contributed by atoms with E-state index < -0.39 is 0 Å². The van der Waals surface area contributed by atoms with E-state index in [4.69, 9.17) is 15.7 Å². The quantitative estimate of drug-likeness (QED) is 0.648. The number of fused-ring (bicyclic) bond motifs is 2. The van der Waals surface area contributed by atoms with Gasteiger partial charge in [0.05, 0.1) is 5.69 Å². The highest BCUT2D eigenvalue weighted by atomic mass is 16.2.